The maximum absolute atomic E-state index is 11.9. The summed E-state index contributed by atoms with van der Waals surface area (Å²) in [6, 6.07) is 0.269. The zero-order valence-corrected chi connectivity index (χ0v) is 14.1. The van der Waals surface area contributed by atoms with E-state index in [0.29, 0.717) is 30.0 Å². The van der Waals surface area contributed by atoms with Crippen LogP contribution in [-0.4, -0.2) is 28.9 Å². The second-order valence-corrected chi connectivity index (χ2v) is 9.39. The van der Waals surface area contributed by atoms with Crippen molar-refractivity contribution in [3.05, 3.63) is 0 Å². The predicted octanol–water partition coefficient (Wildman–Crippen LogP) is 3.87. The van der Waals surface area contributed by atoms with Gasteiger partial charge in [0.2, 0.25) is 0 Å². The molecule has 0 aromatic heterocycles. The van der Waals surface area contributed by atoms with Crippen LogP contribution in [0.15, 0.2) is 0 Å². The van der Waals surface area contributed by atoms with Gasteiger partial charge in [-0.3, -0.25) is 5.32 Å². The Kier molecular flexibility index (Phi) is 6.11. The lowest BCUT2D eigenvalue weighted by atomic mass is 10.1. The lowest BCUT2D eigenvalue weighted by molar-refractivity contribution is 0.279. The minimum absolute atomic E-state index is 0.126. The van der Waals surface area contributed by atoms with Gasteiger partial charge in [0.1, 0.15) is 6.61 Å². The smallest absolute Gasteiger partial charge is 0.297 e. The Morgan fingerprint density at radius 1 is 1.33 bits per heavy atom. The average Bonchev–Trinajstić information content (AvgIpc) is 2.52. The first-order valence-electron chi connectivity index (χ1n) is 6.74. The van der Waals surface area contributed by atoms with E-state index in [-0.39, 0.29) is 10.8 Å². The van der Waals surface area contributed by atoms with E-state index in [9.17, 15) is 4.57 Å². The van der Waals surface area contributed by atoms with Crippen LogP contribution < -0.4 is 5.32 Å². The van der Waals surface area contributed by atoms with Crippen molar-refractivity contribution in [1.82, 2.24) is 5.32 Å². The molecular weight excluding hydrogens is 265 g/mol. The van der Waals surface area contributed by atoms with Gasteiger partial charge in [-0.15, -0.1) is 16.3 Å². The third-order valence-corrected chi connectivity index (χ3v) is 6.05. The first-order valence-corrected chi connectivity index (χ1v) is 8.98. The molecule has 1 aliphatic rings. The van der Waals surface area contributed by atoms with E-state index in [1.165, 1.54) is 0 Å². The van der Waals surface area contributed by atoms with Gasteiger partial charge in [-0.25, -0.2) is 0 Å². The first-order chi connectivity index (χ1) is 8.22. The fourth-order valence-electron chi connectivity index (χ4n) is 1.88. The summed E-state index contributed by atoms with van der Waals surface area (Å²) in [4.78, 5) is 0. The molecule has 0 saturated carbocycles. The zero-order valence-electron chi connectivity index (χ0n) is 12.4. The normalized spacial score (nSPS) is 28.1. The summed E-state index contributed by atoms with van der Waals surface area (Å²) >= 11 is 1.96. The standard InChI is InChI=1S/C13H27NO2PS/c1-9(2)7-16-17(15)8-11-13(5,6)18-12(14-11)10(3)4/h9-12,14H,7-8H2,1-6H3/q+1. The second kappa shape index (κ2) is 6.69. The maximum atomic E-state index is 11.9. The molecule has 106 valence electrons. The number of hydrogen-bond acceptors (Lipinski definition) is 4. The summed E-state index contributed by atoms with van der Waals surface area (Å²) in [5, 5.41) is 4.06. The third kappa shape index (κ3) is 4.80. The number of nitrogens with one attached hydrogen (secondary N) is 1. The van der Waals surface area contributed by atoms with Crippen molar-refractivity contribution in [2.24, 2.45) is 11.8 Å². The van der Waals surface area contributed by atoms with Crippen LogP contribution in [0.3, 0.4) is 0 Å². The Morgan fingerprint density at radius 3 is 2.39 bits per heavy atom. The van der Waals surface area contributed by atoms with Gasteiger partial charge in [0.05, 0.1) is 11.4 Å². The van der Waals surface area contributed by atoms with Crippen LogP contribution in [0.5, 0.6) is 0 Å². The minimum Gasteiger partial charge on any atom is -0.297 e. The summed E-state index contributed by atoms with van der Waals surface area (Å²) < 4.78 is 17.5. The van der Waals surface area contributed by atoms with E-state index in [1.807, 2.05) is 11.8 Å². The third-order valence-electron chi connectivity index (χ3n) is 3.12. The van der Waals surface area contributed by atoms with Gasteiger partial charge in [0.15, 0.2) is 6.16 Å². The largest absolute Gasteiger partial charge is 0.509 e. The Bertz CT molecular complexity index is 295. The maximum Gasteiger partial charge on any atom is 0.509 e. The molecule has 0 aromatic rings. The van der Waals surface area contributed by atoms with Gasteiger partial charge < -0.3 is 0 Å². The van der Waals surface area contributed by atoms with Gasteiger partial charge in [-0.2, -0.15) is 0 Å². The van der Waals surface area contributed by atoms with Crippen molar-refractivity contribution < 1.29 is 9.09 Å². The molecule has 0 spiro atoms. The van der Waals surface area contributed by atoms with Crippen LogP contribution in [0.2, 0.25) is 0 Å². The van der Waals surface area contributed by atoms with Crippen molar-refractivity contribution in [3.63, 3.8) is 0 Å². The topological polar surface area (TPSA) is 38.3 Å². The molecule has 0 aromatic carbocycles. The van der Waals surface area contributed by atoms with E-state index in [0.717, 1.165) is 0 Å². The molecule has 1 heterocycles. The van der Waals surface area contributed by atoms with Crippen LogP contribution in [0.4, 0.5) is 0 Å². The summed E-state index contributed by atoms with van der Waals surface area (Å²) in [7, 11) is -1.55. The monoisotopic (exact) mass is 292 g/mol. The Balaban J connectivity index is 2.48. The average molecular weight is 292 g/mol. The van der Waals surface area contributed by atoms with E-state index >= 15 is 0 Å². The highest BCUT2D eigenvalue weighted by molar-refractivity contribution is 8.01. The minimum atomic E-state index is -1.55. The lowest BCUT2D eigenvalue weighted by Crippen LogP contribution is -2.41. The second-order valence-electron chi connectivity index (χ2n) is 6.31. The van der Waals surface area contributed by atoms with Crippen molar-refractivity contribution in [2.75, 3.05) is 12.8 Å². The van der Waals surface area contributed by atoms with Crippen LogP contribution in [-0.2, 0) is 9.09 Å². The molecule has 1 saturated heterocycles. The molecule has 1 rings (SSSR count). The Labute approximate surface area is 117 Å². The molecule has 3 nitrogen and oxygen atoms in total. The molecule has 0 radical (unpaired) electrons. The van der Waals surface area contributed by atoms with Gasteiger partial charge in [-0.05, 0) is 30.2 Å². The van der Waals surface area contributed by atoms with Crippen molar-refractivity contribution in [1.29, 1.82) is 0 Å². The van der Waals surface area contributed by atoms with Gasteiger partial charge in [-0.1, -0.05) is 27.7 Å². The molecule has 18 heavy (non-hydrogen) atoms. The molecule has 3 atom stereocenters. The molecule has 1 N–H and O–H groups in total. The zero-order chi connectivity index (χ0) is 13.9. The molecule has 1 aliphatic heterocycles. The highest BCUT2D eigenvalue weighted by Gasteiger charge is 2.45. The molecule has 0 amide bonds. The van der Waals surface area contributed by atoms with Crippen molar-refractivity contribution >= 4 is 19.8 Å². The van der Waals surface area contributed by atoms with E-state index < -0.39 is 8.03 Å². The lowest BCUT2D eigenvalue weighted by Gasteiger charge is -2.21. The van der Waals surface area contributed by atoms with Gasteiger partial charge in [0, 0.05) is 4.75 Å². The number of hydrogen-bond donors (Lipinski definition) is 1. The quantitative estimate of drug-likeness (QED) is 0.754. The highest BCUT2D eigenvalue weighted by Crippen LogP contribution is 2.43. The molecular formula is C13H27NO2PS+. The van der Waals surface area contributed by atoms with Crippen molar-refractivity contribution in [2.45, 2.75) is 57.7 Å². The highest BCUT2D eigenvalue weighted by atomic mass is 32.2. The molecule has 1 fully saturated rings. The summed E-state index contributed by atoms with van der Waals surface area (Å²) in [6.45, 7) is 13.6. The van der Waals surface area contributed by atoms with E-state index in [4.69, 9.17) is 4.52 Å². The molecule has 5 heteroatoms. The van der Waals surface area contributed by atoms with Crippen LogP contribution in [0, 0.1) is 11.8 Å². The Morgan fingerprint density at radius 2 is 1.94 bits per heavy atom. The Hall–Kier alpha value is 0.370. The summed E-state index contributed by atoms with van der Waals surface area (Å²) in [6.07, 6.45) is 0.616. The molecule has 0 aliphatic carbocycles. The van der Waals surface area contributed by atoms with Crippen LogP contribution >= 0.6 is 19.8 Å². The SMILES string of the molecule is CC(C)CO[P+](=O)CC1NC(C(C)C)SC1(C)C. The van der Waals surface area contributed by atoms with Gasteiger partial charge >= 0.3 is 8.03 Å². The fraction of sp³-hybridized carbons (Fsp3) is 1.00. The summed E-state index contributed by atoms with van der Waals surface area (Å²) in [5.41, 5.74) is 0. The fourth-order valence-corrected chi connectivity index (χ4v) is 4.91. The predicted molar refractivity (Wildman–Crippen MR) is 80.5 cm³/mol. The number of thioether (sulfide) groups is 1. The summed E-state index contributed by atoms with van der Waals surface area (Å²) in [5.74, 6) is 1.03. The molecule has 3 unspecified atom stereocenters. The van der Waals surface area contributed by atoms with Crippen LogP contribution in [0.25, 0.3) is 0 Å². The van der Waals surface area contributed by atoms with E-state index in [2.05, 4.69) is 46.9 Å². The first kappa shape index (κ1) is 16.4. The van der Waals surface area contributed by atoms with E-state index in [1.54, 1.807) is 0 Å². The number of rotatable bonds is 6. The van der Waals surface area contributed by atoms with Gasteiger partial charge in [0.25, 0.3) is 0 Å². The molecule has 0 bridgehead atoms. The van der Waals surface area contributed by atoms with Crippen LogP contribution in [0.1, 0.15) is 41.5 Å². The van der Waals surface area contributed by atoms with Crippen molar-refractivity contribution in [3.8, 4) is 0 Å².